The number of anilines is 2. The second kappa shape index (κ2) is 8.14. The number of nitrogens with one attached hydrogen (secondary N) is 2. The number of aromatic nitrogens is 2. The Hall–Kier alpha value is -3.98. The summed E-state index contributed by atoms with van der Waals surface area (Å²) < 4.78 is 0. The van der Waals surface area contributed by atoms with Gasteiger partial charge in [-0.2, -0.15) is 0 Å². The molecule has 0 bridgehead atoms. The molecule has 28 heavy (non-hydrogen) atoms. The monoisotopic (exact) mass is 369 g/mol. The number of terminal acetylenes is 1. The van der Waals surface area contributed by atoms with Gasteiger partial charge in [-0.05, 0) is 50.2 Å². The van der Waals surface area contributed by atoms with E-state index >= 15 is 0 Å². The van der Waals surface area contributed by atoms with Crippen LogP contribution in [-0.4, -0.2) is 27.1 Å². The van der Waals surface area contributed by atoms with Crippen LogP contribution in [0.15, 0.2) is 53.7 Å². The molecule has 138 valence electrons. The fourth-order valence-corrected chi connectivity index (χ4v) is 2.78. The third-order valence-corrected chi connectivity index (χ3v) is 4.20. The third kappa shape index (κ3) is 3.89. The Morgan fingerprint density at radius 1 is 1.21 bits per heavy atom. The van der Waals surface area contributed by atoms with E-state index in [1.807, 2.05) is 49.4 Å². The fourth-order valence-electron chi connectivity index (χ4n) is 2.78. The molecule has 0 aliphatic heterocycles. The van der Waals surface area contributed by atoms with Crippen molar-refractivity contribution in [3.8, 4) is 23.6 Å². The van der Waals surface area contributed by atoms with Crippen molar-refractivity contribution in [2.75, 3.05) is 5.32 Å². The molecule has 0 saturated heterocycles. The minimum absolute atomic E-state index is 0.414. The summed E-state index contributed by atoms with van der Waals surface area (Å²) in [6, 6.07) is 14.8. The van der Waals surface area contributed by atoms with Crippen LogP contribution in [0.25, 0.3) is 11.3 Å². The maximum absolute atomic E-state index is 9.01. The number of hydrogen-bond donors (Lipinski definition) is 3. The lowest BCUT2D eigenvalue weighted by Crippen LogP contribution is -2.03. The van der Waals surface area contributed by atoms with E-state index in [-0.39, 0.29) is 0 Å². The average molecular weight is 369 g/mol. The maximum atomic E-state index is 9.01. The molecule has 3 N–H and O–H groups in total. The van der Waals surface area contributed by atoms with Crippen molar-refractivity contribution in [3.63, 3.8) is 0 Å². The van der Waals surface area contributed by atoms with Gasteiger partial charge in [-0.25, -0.2) is 9.97 Å². The van der Waals surface area contributed by atoms with Crippen molar-refractivity contribution in [2.45, 2.75) is 13.8 Å². The van der Waals surface area contributed by atoms with Crippen molar-refractivity contribution in [2.24, 2.45) is 5.16 Å². The summed E-state index contributed by atoms with van der Waals surface area (Å²) >= 11 is 0. The lowest BCUT2D eigenvalue weighted by atomic mass is 10.00. The highest BCUT2D eigenvalue weighted by Crippen LogP contribution is 2.29. The number of aryl methyl sites for hydroxylation is 1. The van der Waals surface area contributed by atoms with Gasteiger partial charge in [0.2, 0.25) is 0 Å². The summed E-state index contributed by atoms with van der Waals surface area (Å²) in [4.78, 5) is 9.00. The van der Waals surface area contributed by atoms with Gasteiger partial charge in [0.25, 0.3) is 0 Å². The number of pyridine rings is 2. The molecule has 0 saturated carbocycles. The Morgan fingerprint density at radius 3 is 2.68 bits per heavy atom. The predicted molar refractivity (Wildman–Crippen MR) is 112 cm³/mol. The Labute approximate surface area is 163 Å². The van der Waals surface area contributed by atoms with Crippen LogP contribution in [0.1, 0.15) is 29.4 Å². The van der Waals surface area contributed by atoms with Crippen molar-refractivity contribution in [3.05, 3.63) is 71.0 Å². The molecule has 0 atom stereocenters. The van der Waals surface area contributed by atoms with Gasteiger partial charge in [-0.1, -0.05) is 23.2 Å². The summed E-state index contributed by atoms with van der Waals surface area (Å²) in [7, 11) is 0. The van der Waals surface area contributed by atoms with Crippen molar-refractivity contribution >= 4 is 23.4 Å². The van der Waals surface area contributed by atoms with E-state index in [1.54, 1.807) is 13.0 Å². The molecule has 1 aromatic carbocycles. The average Bonchev–Trinajstić information content (AvgIpc) is 2.72. The van der Waals surface area contributed by atoms with Crippen molar-refractivity contribution in [1.29, 1.82) is 5.41 Å². The SMILES string of the molecule is C#Cc1cc(-c2cccc(/C(C)=N\O)n2)cc(Nc2cccc(C)n2)c1C=N. The van der Waals surface area contributed by atoms with E-state index in [2.05, 4.69) is 26.4 Å². The van der Waals surface area contributed by atoms with Crippen LogP contribution in [0.5, 0.6) is 0 Å². The lowest BCUT2D eigenvalue weighted by Gasteiger charge is -2.14. The first-order chi connectivity index (χ1) is 13.5. The van der Waals surface area contributed by atoms with E-state index in [1.165, 1.54) is 6.21 Å². The van der Waals surface area contributed by atoms with Crippen LogP contribution >= 0.6 is 0 Å². The second-order valence-electron chi connectivity index (χ2n) is 6.16. The minimum atomic E-state index is 0.414. The summed E-state index contributed by atoms with van der Waals surface area (Å²) in [5.74, 6) is 3.30. The van der Waals surface area contributed by atoms with Crippen LogP contribution in [-0.2, 0) is 0 Å². The highest BCUT2D eigenvalue weighted by Gasteiger charge is 2.12. The van der Waals surface area contributed by atoms with Gasteiger partial charge in [-0.15, -0.1) is 6.42 Å². The molecule has 0 fully saturated rings. The van der Waals surface area contributed by atoms with Gasteiger partial charge in [0.05, 0.1) is 17.1 Å². The van der Waals surface area contributed by atoms with Gasteiger partial charge in [-0.3, -0.25) is 0 Å². The molecule has 0 amide bonds. The van der Waals surface area contributed by atoms with E-state index in [9.17, 15) is 0 Å². The summed E-state index contributed by atoms with van der Waals surface area (Å²) in [6.07, 6.45) is 6.92. The standard InChI is InChI=1S/C22H19N5O/c1-4-16-11-17(20-9-6-8-19(25-20)15(3)27-28)12-21(18(16)13-23)26-22-10-5-7-14(2)24-22/h1,5-13,23,28H,2-3H3,(H,24,26)/b23-13?,27-15-. The first-order valence-corrected chi connectivity index (χ1v) is 8.58. The van der Waals surface area contributed by atoms with E-state index in [0.29, 0.717) is 39.7 Å². The lowest BCUT2D eigenvalue weighted by molar-refractivity contribution is 0.319. The molecule has 3 rings (SSSR count). The smallest absolute Gasteiger partial charge is 0.130 e. The zero-order chi connectivity index (χ0) is 20.1. The zero-order valence-corrected chi connectivity index (χ0v) is 15.6. The number of oxime groups is 1. The summed E-state index contributed by atoms with van der Waals surface area (Å²) in [5, 5.41) is 23.3. The fraction of sp³-hybridized carbons (Fsp3) is 0.0909. The van der Waals surface area contributed by atoms with E-state index in [0.717, 1.165) is 11.3 Å². The second-order valence-corrected chi connectivity index (χ2v) is 6.16. The highest BCUT2D eigenvalue weighted by atomic mass is 16.4. The largest absolute Gasteiger partial charge is 0.411 e. The molecule has 6 nitrogen and oxygen atoms in total. The van der Waals surface area contributed by atoms with Crippen LogP contribution in [0, 0.1) is 24.7 Å². The summed E-state index contributed by atoms with van der Waals surface area (Å²) in [5.41, 5.74) is 5.14. The number of nitrogens with zero attached hydrogens (tertiary/aromatic N) is 3. The van der Waals surface area contributed by atoms with Crippen molar-refractivity contribution < 1.29 is 5.21 Å². The molecular formula is C22H19N5O. The quantitative estimate of drug-likeness (QED) is 0.269. The molecule has 0 aliphatic rings. The first-order valence-electron chi connectivity index (χ1n) is 8.58. The Balaban J connectivity index is 2.13. The Kier molecular flexibility index (Phi) is 5.47. The minimum Gasteiger partial charge on any atom is -0.411 e. The first kappa shape index (κ1) is 18.8. The maximum Gasteiger partial charge on any atom is 0.130 e. The van der Waals surface area contributed by atoms with Crippen LogP contribution in [0.4, 0.5) is 11.5 Å². The van der Waals surface area contributed by atoms with Gasteiger partial charge >= 0.3 is 0 Å². The molecule has 2 aromatic heterocycles. The van der Waals surface area contributed by atoms with Gasteiger partial charge < -0.3 is 15.9 Å². The molecular weight excluding hydrogens is 350 g/mol. The Bertz CT molecular complexity index is 1110. The normalized spacial score (nSPS) is 11.0. The van der Waals surface area contributed by atoms with Crippen LogP contribution in [0.3, 0.4) is 0 Å². The van der Waals surface area contributed by atoms with Crippen LogP contribution in [0.2, 0.25) is 0 Å². The molecule has 0 aliphatic carbocycles. The van der Waals surface area contributed by atoms with Gasteiger partial charge in [0.1, 0.15) is 11.5 Å². The predicted octanol–water partition coefficient (Wildman–Crippen LogP) is 4.37. The number of benzene rings is 1. The van der Waals surface area contributed by atoms with Crippen molar-refractivity contribution in [1.82, 2.24) is 9.97 Å². The van der Waals surface area contributed by atoms with E-state index in [4.69, 9.17) is 17.0 Å². The Morgan fingerprint density at radius 2 is 2.00 bits per heavy atom. The highest BCUT2D eigenvalue weighted by molar-refractivity contribution is 5.97. The van der Waals surface area contributed by atoms with Crippen LogP contribution < -0.4 is 5.32 Å². The van der Waals surface area contributed by atoms with Gasteiger partial charge in [0, 0.05) is 28.6 Å². The topological polar surface area (TPSA) is 94.2 Å². The molecule has 2 heterocycles. The third-order valence-electron chi connectivity index (χ3n) is 4.20. The molecule has 0 radical (unpaired) electrons. The summed E-state index contributed by atoms with van der Waals surface area (Å²) in [6.45, 7) is 3.58. The zero-order valence-electron chi connectivity index (χ0n) is 15.6. The van der Waals surface area contributed by atoms with Gasteiger partial charge in [0.15, 0.2) is 0 Å². The molecule has 3 aromatic rings. The molecule has 0 spiro atoms. The molecule has 0 unspecified atom stereocenters. The van der Waals surface area contributed by atoms with E-state index < -0.39 is 0 Å². The number of hydrogen-bond acceptors (Lipinski definition) is 6. The molecule has 6 heteroatoms. The number of rotatable bonds is 5.